The molecule has 4 heteroatoms. The van der Waals surface area contributed by atoms with Crippen LogP contribution >= 0.6 is 0 Å². The van der Waals surface area contributed by atoms with E-state index in [0.717, 1.165) is 31.5 Å². The Morgan fingerprint density at radius 2 is 2.10 bits per heavy atom. The maximum absolute atomic E-state index is 12.2. The summed E-state index contributed by atoms with van der Waals surface area (Å²) in [5.74, 6) is -0.00319. The average molecular weight is 288 g/mol. The van der Waals surface area contributed by atoms with Gasteiger partial charge >= 0.3 is 0 Å². The number of para-hydroxylation sites is 1. The smallest absolute Gasteiger partial charge is 0.253 e. The van der Waals surface area contributed by atoms with Crippen LogP contribution in [-0.4, -0.2) is 31.2 Å². The van der Waals surface area contributed by atoms with Gasteiger partial charge in [-0.25, -0.2) is 0 Å². The number of benzene rings is 1. The Hall–Kier alpha value is -1.39. The van der Waals surface area contributed by atoms with E-state index in [-0.39, 0.29) is 12.0 Å². The number of aryl methyl sites for hydroxylation is 1. The van der Waals surface area contributed by atoms with Gasteiger partial charge in [0.1, 0.15) is 6.10 Å². The van der Waals surface area contributed by atoms with Crippen molar-refractivity contribution in [3.05, 3.63) is 29.8 Å². The molecule has 0 radical (unpaired) electrons. The Kier molecular flexibility index (Phi) is 4.88. The van der Waals surface area contributed by atoms with Crippen molar-refractivity contribution < 1.29 is 9.53 Å². The fraction of sp³-hybridized carbons (Fsp3) is 0.588. The Balaban J connectivity index is 1.49. The van der Waals surface area contributed by atoms with E-state index in [1.54, 1.807) is 0 Å². The van der Waals surface area contributed by atoms with E-state index >= 15 is 0 Å². The first kappa shape index (κ1) is 14.5. The number of fused-ring (bicyclic) bond motifs is 1. The molecule has 2 heterocycles. The molecule has 0 aliphatic carbocycles. The molecule has 1 aromatic carbocycles. The molecule has 2 aliphatic heterocycles. The molecule has 21 heavy (non-hydrogen) atoms. The van der Waals surface area contributed by atoms with Crippen molar-refractivity contribution >= 4 is 11.6 Å². The molecule has 1 aromatic rings. The lowest BCUT2D eigenvalue weighted by Crippen LogP contribution is -2.36. The molecule has 2 aliphatic rings. The van der Waals surface area contributed by atoms with Crippen molar-refractivity contribution in [2.75, 3.05) is 18.5 Å². The molecule has 0 aromatic heterocycles. The summed E-state index contributed by atoms with van der Waals surface area (Å²) in [7, 11) is 0. The van der Waals surface area contributed by atoms with Crippen LogP contribution in [0.3, 0.4) is 0 Å². The van der Waals surface area contributed by atoms with Gasteiger partial charge in [0.2, 0.25) is 0 Å². The first-order chi connectivity index (χ1) is 10.3. The van der Waals surface area contributed by atoms with E-state index in [0.29, 0.717) is 12.6 Å². The van der Waals surface area contributed by atoms with E-state index in [4.69, 9.17) is 4.74 Å². The van der Waals surface area contributed by atoms with Crippen molar-refractivity contribution in [1.29, 1.82) is 0 Å². The van der Waals surface area contributed by atoms with Gasteiger partial charge in [-0.05, 0) is 50.3 Å². The number of carbonyl (C=O) groups is 1. The third-order valence-corrected chi connectivity index (χ3v) is 4.44. The number of ether oxygens (including phenoxy) is 1. The standard InChI is InChI=1S/C17H24N2O2/c20-17-16(21-12-10-14-6-3-4-11-18-14)9-8-13-5-1-2-7-15(13)19-17/h1-2,5,7,14,16,18H,3-4,6,8-12H2,(H,19,20). The van der Waals surface area contributed by atoms with E-state index in [1.807, 2.05) is 18.2 Å². The molecular formula is C17H24N2O2. The van der Waals surface area contributed by atoms with Crippen LogP contribution in [0.4, 0.5) is 5.69 Å². The van der Waals surface area contributed by atoms with Gasteiger partial charge < -0.3 is 15.4 Å². The third-order valence-electron chi connectivity index (χ3n) is 4.44. The van der Waals surface area contributed by atoms with Crippen LogP contribution in [0, 0.1) is 0 Å². The van der Waals surface area contributed by atoms with Gasteiger partial charge in [0, 0.05) is 18.3 Å². The summed E-state index contributed by atoms with van der Waals surface area (Å²) in [6, 6.07) is 8.56. The third kappa shape index (κ3) is 3.83. The lowest BCUT2D eigenvalue weighted by molar-refractivity contribution is -0.127. The number of carbonyl (C=O) groups excluding carboxylic acids is 1. The second kappa shape index (κ2) is 7.05. The van der Waals surface area contributed by atoms with E-state index < -0.39 is 0 Å². The second-order valence-electron chi connectivity index (χ2n) is 5.98. The van der Waals surface area contributed by atoms with Crippen molar-refractivity contribution in [3.8, 4) is 0 Å². The monoisotopic (exact) mass is 288 g/mol. The minimum absolute atomic E-state index is 0.00319. The quantitative estimate of drug-likeness (QED) is 0.895. The fourth-order valence-corrected chi connectivity index (χ4v) is 3.17. The summed E-state index contributed by atoms with van der Waals surface area (Å²) in [5, 5.41) is 6.50. The summed E-state index contributed by atoms with van der Waals surface area (Å²) < 4.78 is 5.86. The van der Waals surface area contributed by atoms with Crippen LogP contribution in [0.25, 0.3) is 0 Å². The van der Waals surface area contributed by atoms with Crippen LogP contribution < -0.4 is 10.6 Å². The SMILES string of the molecule is O=C1Nc2ccccc2CCC1OCCC1CCCCN1. The van der Waals surface area contributed by atoms with Gasteiger partial charge in [0.25, 0.3) is 5.91 Å². The number of hydrogen-bond donors (Lipinski definition) is 2. The van der Waals surface area contributed by atoms with Crippen LogP contribution in [-0.2, 0) is 16.0 Å². The highest BCUT2D eigenvalue weighted by Crippen LogP contribution is 2.23. The highest BCUT2D eigenvalue weighted by molar-refractivity contribution is 5.95. The fourth-order valence-electron chi connectivity index (χ4n) is 3.17. The van der Waals surface area contributed by atoms with Crippen LogP contribution in [0.15, 0.2) is 24.3 Å². The van der Waals surface area contributed by atoms with Gasteiger partial charge in [-0.2, -0.15) is 0 Å². The zero-order valence-corrected chi connectivity index (χ0v) is 12.4. The van der Waals surface area contributed by atoms with Crippen LogP contribution in [0.5, 0.6) is 0 Å². The molecule has 2 N–H and O–H groups in total. The molecule has 4 nitrogen and oxygen atoms in total. The highest BCUT2D eigenvalue weighted by atomic mass is 16.5. The molecule has 2 unspecified atom stereocenters. The van der Waals surface area contributed by atoms with E-state index in [9.17, 15) is 4.79 Å². The predicted octanol–water partition coefficient (Wildman–Crippen LogP) is 2.49. The van der Waals surface area contributed by atoms with Crippen molar-refractivity contribution in [2.45, 2.75) is 50.7 Å². The minimum atomic E-state index is -0.319. The summed E-state index contributed by atoms with van der Waals surface area (Å²) >= 11 is 0. The van der Waals surface area contributed by atoms with Crippen molar-refractivity contribution in [1.82, 2.24) is 5.32 Å². The summed E-state index contributed by atoms with van der Waals surface area (Å²) in [4.78, 5) is 12.2. The Morgan fingerprint density at radius 3 is 2.95 bits per heavy atom. The molecule has 0 spiro atoms. The second-order valence-corrected chi connectivity index (χ2v) is 5.98. The molecule has 2 atom stereocenters. The van der Waals surface area contributed by atoms with Gasteiger partial charge in [-0.3, -0.25) is 4.79 Å². The van der Waals surface area contributed by atoms with Crippen LogP contribution in [0.1, 0.15) is 37.7 Å². The van der Waals surface area contributed by atoms with Crippen LogP contribution in [0.2, 0.25) is 0 Å². The lowest BCUT2D eigenvalue weighted by atomic mass is 10.0. The molecule has 114 valence electrons. The lowest BCUT2D eigenvalue weighted by Gasteiger charge is -2.24. The maximum Gasteiger partial charge on any atom is 0.253 e. The molecule has 3 rings (SSSR count). The molecule has 1 amide bonds. The number of anilines is 1. The average Bonchev–Trinajstić information content (AvgIpc) is 2.68. The number of hydrogen-bond acceptors (Lipinski definition) is 3. The normalized spacial score (nSPS) is 25.8. The largest absolute Gasteiger partial charge is 0.368 e. The van der Waals surface area contributed by atoms with Gasteiger partial charge in [0.05, 0.1) is 0 Å². The van der Waals surface area contributed by atoms with Gasteiger partial charge in [0.15, 0.2) is 0 Å². The molecule has 1 saturated heterocycles. The van der Waals surface area contributed by atoms with E-state index in [1.165, 1.54) is 24.8 Å². The summed E-state index contributed by atoms with van der Waals surface area (Å²) in [6.45, 7) is 1.77. The predicted molar refractivity (Wildman–Crippen MR) is 83.4 cm³/mol. The van der Waals surface area contributed by atoms with Crippen molar-refractivity contribution in [3.63, 3.8) is 0 Å². The molecular weight excluding hydrogens is 264 g/mol. The topological polar surface area (TPSA) is 50.4 Å². The van der Waals surface area contributed by atoms with Gasteiger partial charge in [-0.15, -0.1) is 0 Å². The molecule has 0 saturated carbocycles. The number of amides is 1. The minimum Gasteiger partial charge on any atom is -0.368 e. The summed E-state index contributed by atoms with van der Waals surface area (Å²) in [6.07, 6.45) is 6.14. The maximum atomic E-state index is 12.2. The number of nitrogens with one attached hydrogen (secondary N) is 2. The Morgan fingerprint density at radius 1 is 1.19 bits per heavy atom. The summed E-state index contributed by atoms with van der Waals surface area (Å²) in [5.41, 5.74) is 2.13. The van der Waals surface area contributed by atoms with Gasteiger partial charge in [-0.1, -0.05) is 24.6 Å². The Labute approximate surface area is 126 Å². The van der Waals surface area contributed by atoms with E-state index in [2.05, 4.69) is 16.7 Å². The van der Waals surface area contributed by atoms with Crippen molar-refractivity contribution in [2.24, 2.45) is 0 Å². The highest BCUT2D eigenvalue weighted by Gasteiger charge is 2.24. The Bertz CT molecular complexity index is 483. The zero-order valence-electron chi connectivity index (χ0n) is 12.4. The molecule has 0 bridgehead atoms. The first-order valence-electron chi connectivity index (χ1n) is 8.07. The first-order valence-corrected chi connectivity index (χ1v) is 8.07. The number of piperidine rings is 1. The molecule has 1 fully saturated rings. The number of rotatable bonds is 4. The zero-order chi connectivity index (χ0) is 14.5.